The Labute approximate surface area is 180 Å². The SMILES string of the molecule is CCOc1ccccc1C(=O)N1CCN(S(=O)(=O)c2ccc3c(c2)NC(=O)CO3)CC1. The van der Waals surface area contributed by atoms with Gasteiger partial charge < -0.3 is 19.7 Å². The molecular weight excluding hydrogens is 422 g/mol. The molecule has 164 valence electrons. The largest absolute Gasteiger partial charge is 0.493 e. The molecule has 31 heavy (non-hydrogen) atoms. The monoisotopic (exact) mass is 445 g/mol. The summed E-state index contributed by atoms with van der Waals surface area (Å²) in [6, 6.07) is 11.4. The van der Waals surface area contributed by atoms with Gasteiger partial charge in [-0.2, -0.15) is 4.31 Å². The molecule has 0 atom stereocenters. The number of hydrogen-bond donors (Lipinski definition) is 1. The van der Waals surface area contributed by atoms with E-state index in [1.54, 1.807) is 29.2 Å². The van der Waals surface area contributed by atoms with Crippen molar-refractivity contribution in [3.05, 3.63) is 48.0 Å². The number of piperazine rings is 1. The van der Waals surface area contributed by atoms with Crippen molar-refractivity contribution in [2.45, 2.75) is 11.8 Å². The number of nitrogens with one attached hydrogen (secondary N) is 1. The van der Waals surface area contributed by atoms with Gasteiger partial charge in [0.2, 0.25) is 10.0 Å². The van der Waals surface area contributed by atoms with Gasteiger partial charge in [-0.05, 0) is 37.3 Å². The number of sulfonamides is 1. The number of anilines is 1. The first-order valence-electron chi connectivity index (χ1n) is 9.98. The number of benzene rings is 2. The Morgan fingerprint density at radius 1 is 1.13 bits per heavy atom. The molecule has 10 heteroatoms. The zero-order valence-corrected chi connectivity index (χ0v) is 17.9. The van der Waals surface area contributed by atoms with E-state index in [-0.39, 0.29) is 49.5 Å². The molecule has 0 unspecified atom stereocenters. The summed E-state index contributed by atoms with van der Waals surface area (Å²) in [7, 11) is -3.78. The van der Waals surface area contributed by atoms with Crippen LogP contribution in [0, 0.1) is 0 Å². The summed E-state index contributed by atoms with van der Waals surface area (Å²) in [6.07, 6.45) is 0. The van der Waals surface area contributed by atoms with Crippen LogP contribution in [0.3, 0.4) is 0 Å². The number of rotatable bonds is 5. The average molecular weight is 445 g/mol. The lowest BCUT2D eigenvalue weighted by Gasteiger charge is -2.34. The lowest BCUT2D eigenvalue weighted by atomic mass is 10.1. The molecule has 1 saturated heterocycles. The van der Waals surface area contributed by atoms with Gasteiger partial charge in [0.05, 0.1) is 22.8 Å². The topological polar surface area (TPSA) is 105 Å². The van der Waals surface area contributed by atoms with Crippen molar-refractivity contribution in [1.29, 1.82) is 0 Å². The van der Waals surface area contributed by atoms with Crippen molar-refractivity contribution in [2.24, 2.45) is 0 Å². The number of carbonyl (C=O) groups is 2. The van der Waals surface area contributed by atoms with Crippen molar-refractivity contribution in [3.63, 3.8) is 0 Å². The van der Waals surface area contributed by atoms with Crippen molar-refractivity contribution < 1.29 is 27.5 Å². The molecule has 0 bridgehead atoms. The summed E-state index contributed by atoms with van der Waals surface area (Å²) < 4.78 is 38.3. The molecule has 9 nitrogen and oxygen atoms in total. The second kappa shape index (κ2) is 8.56. The van der Waals surface area contributed by atoms with Crippen LogP contribution in [0.4, 0.5) is 5.69 Å². The number of ether oxygens (including phenoxy) is 2. The molecule has 0 aromatic heterocycles. The molecule has 0 spiro atoms. The zero-order chi connectivity index (χ0) is 22.0. The van der Waals surface area contributed by atoms with Crippen molar-refractivity contribution in [3.8, 4) is 11.5 Å². The van der Waals surface area contributed by atoms with Gasteiger partial charge >= 0.3 is 0 Å². The highest BCUT2D eigenvalue weighted by molar-refractivity contribution is 7.89. The van der Waals surface area contributed by atoms with Crippen LogP contribution in [0.5, 0.6) is 11.5 Å². The van der Waals surface area contributed by atoms with Crippen LogP contribution in [-0.4, -0.2) is 68.8 Å². The normalized spacial score (nSPS) is 16.8. The summed E-state index contributed by atoms with van der Waals surface area (Å²) in [4.78, 5) is 26.2. The van der Waals surface area contributed by atoms with Gasteiger partial charge in [-0.1, -0.05) is 12.1 Å². The quantitative estimate of drug-likeness (QED) is 0.749. The van der Waals surface area contributed by atoms with Crippen LogP contribution >= 0.6 is 0 Å². The molecule has 2 aliphatic rings. The van der Waals surface area contributed by atoms with E-state index in [9.17, 15) is 18.0 Å². The highest BCUT2D eigenvalue weighted by atomic mass is 32.2. The Bertz CT molecular complexity index is 1110. The first kappa shape index (κ1) is 21.1. The van der Waals surface area contributed by atoms with E-state index in [4.69, 9.17) is 9.47 Å². The number of para-hydroxylation sites is 1. The standard InChI is InChI=1S/C21H23N3O6S/c1-2-29-18-6-4-3-5-16(18)21(26)23-9-11-24(12-10-23)31(27,28)15-7-8-19-17(13-15)22-20(25)14-30-19/h3-8,13H,2,9-12,14H2,1H3,(H,22,25). The van der Waals surface area contributed by atoms with E-state index in [1.165, 1.54) is 22.5 Å². The molecule has 2 amide bonds. The summed E-state index contributed by atoms with van der Waals surface area (Å²) in [5.41, 5.74) is 0.796. The van der Waals surface area contributed by atoms with Crippen LogP contribution in [-0.2, 0) is 14.8 Å². The van der Waals surface area contributed by atoms with E-state index in [0.29, 0.717) is 29.4 Å². The molecular formula is C21H23N3O6S. The Hall–Kier alpha value is -3.11. The maximum atomic E-state index is 13.1. The fourth-order valence-electron chi connectivity index (χ4n) is 3.60. The second-order valence-electron chi connectivity index (χ2n) is 7.12. The average Bonchev–Trinajstić information content (AvgIpc) is 2.79. The number of amides is 2. The minimum absolute atomic E-state index is 0.0681. The van der Waals surface area contributed by atoms with Crippen LogP contribution < -0.4 is 14.8 Å². The van der Waals surface area contributed by atoms with E-state index < -0.39 is 10.0 Å². The lowest BCUT2D eigenvalue weighted by Crippen LogP contribution is -2.50. The molecule has 0 saturated carbocycles. The highest BCUT2D eigenvalue weighted by Crippen LogP contribution is 2.31. The van der Waals surface area contributed by atoms with Gasteiger partial charge in [-0.3, -0.25) is 9.59 Å². The van der Waals surface area contributed by atoms with Gasteiger partial charge in [0.15, 0.2) is 6.61 Å². The van der Waals surface area contributed by atoms with Crippen LogP contribution in [0.2, 0.25) is 0 Å². The molecule has 0 radical (unpaired) electrons. The Morgan fingerprint density at radius 2 is 1.87 bits per heavy atom. The molecule has 2 heterocycles. The van der Waals surface area contributed by atoms with Gasteiger partial charge in [-0.15, -0.1) is 0 Å². The second-order valence-corrected chi connectivity index (χ2v) is 9.06. The Morgan fingerprint density at radius 3 is 2.61 bits per heavy atom. The molecule has 0 aliphatic carbocycles. The van der Waals surface area contributed by atoms with E-state index >= 15 is 0 Å². The third-order valence-corrected chi connectivity index (χ3v) is 7.06. The number of nitrogens with zero attached hydrogens (tertiary/aromatic N) is 2. The summed E-state index contributed by atoms with van der Waals surface area (Å²) in [6.45, 7) is 3.08. The van der Waals surface area contributed by atoms with Crippen LogP contribution in [0.15, 0.2) is 47.4 Å². The van der Waals surface area contributed by atoms with Crippen LogP contribution in [0.1, 0.15) is 17.3 Å². The van der Waals surface area contributed by atoms with Gasteiger partial charge in [0.1, 0.15) is 11.5 Å². The zero-order valence-electron chi connectivity index (χ0n) is 17.0. The fourth-order valence-corrected chi connectivity index (χ4v) is 5.05. The van der Waals surface area contributed by atoms with Crippen molar-refractivity contribution in [1.82, 2.24) is 9.21 Å². The summed E-state index contributed by atoms with van der Waals surface area (Å²) in [5, 5.41) is 2.62. The van der Waals surface area contributed by atoms with Gasteiger partial charge in [-0.25, -0.2) is 8.42 Å². The van der Waals surface area contributed by atoms with E-state index in [1.807, 2.05) is 6.92 Å². The minimum Gasteiger partial charge on any atom is -0.493 e. The number of hydrogen-bond acceptors (Lipinski definition) is 6. The first-order valence-corrected chi connectivity index (χ1v) is 11.4. The third kappa shape index (κ3) is 4.21. The molecule has 2 aromatic carbocycles. The molecule has 4 rings (SSSR count). The smallest absolute Gasteiger partial charge is 0.262 e. The molecule has 2 aromatic rings. The van der Waals surface area contributed by atoms with Gasteiger partial charge in [0.25, 0.3) is 11.8 Å². The summed E-state index contributed by atoms with van der Waals surface area (Å²) >= 11 is 0. The third-order valence-electron chi connectivity index (χ3n) is 5.16. The van der Waals surface area contributed by atoms with E-state index in [2.05, 4.69) is 5.32 Å². The number of fused-ring (bicyclic) bond motifs is 1. The van der Waals surface area contributed by atoms with Gasteiger partial charge in [0, 0.05) is 26.2 Å². The predicted molar refractivity (Wildman–Crippen MR) is 113 cm³/mol. The molecule has 1 N–H and O–H groups in total. The Kier molecular flexibility index (Phi) is 5.84. The fraction of sp³-hybridized carbons (Fsp3) is 0.333. The maximum Gasteiger partial charge on any atom is 0.262 e. The molecule has 2 aliphatic heterocycles. The number of carbonyl (C=O) groups excluding carboxylic acids is 2. The van der Waals surface area contributed by atoms with Crippen molar-refractivity contribution >= 4 is 27.5 Å². The lowest BCUT2D eigenvalue weighted by molar-refractivity contribution is -0.118. The van der Waals surface area contributed by atoms with Crippen LogP contribution in [0.25, 0.3) is 0 Å². The first-order chi connectivity index (χ1) is 14.9. The van der Waals surface area contributed by atoms with E-state index in [0.717, 1.165) is 0 Å². The van der Waals surface area contributed by atoms with Crippen molar-refractivity contribution in [2.75, 3.05) is 44.7 Å². The maximum absolute atomic E-state index is 13.1. The Balaban J connectivity index is 1.47. The molecule has 1 fully saturated rings. The minimum atomic E-state index is -3.78. The highest BCUT2D eigenvalue weighted by Gasteiger charge is 2.32. The summed E-state index contributed by atoms with van der Waals surface area (Å²) in [5.74, 6) is 0.432. The predicted octanol–water partition coefficient (Wildman–Crippen LogP) is 1.56.